The largest absolute Gasteiger partial charge is 0.481 e. The zero-order chi connectivity index (χ0) is 25.0. The molecule has 0 saturated carbocycles. The molecule has 3 aromatic carbocycles. The first kappa shape index (κ1) is 25.9. The van der Waals surface area contributed by atoms with Crippen molar-refractivity contribution < 1.29 is 18.7 Å². The molecule has 1 unspecified atom stereocenters. The van der Waals surface area contributed by atoms with Gasteiger partial charge in [0, 0.05) is 19.5 Å². The summed E-state index contributed by atoms with van der Waals surface area (Å²) in [6.07, 6.45) is 2.16. The van der Waals surface area contributed by atoms with E-state index in [2.05, 4.69) is 12.2 Å². The molecule has 3 rings (SSSR count). The van der Waals surface area contributed by atoms with Gasteiger partial charge in [-0.1, -0.05) is 85.6 Å². The third-order valence-corrected chi connectivity index (χ3v) is 5.76. The van der Waals surface area contributed by atoms with Gasteiger partial charge in [0.25, 0.3) is 5.91 Å². The summed E-state index contributed by atoms with van der Waals surface area (Å²) in [5, 5.41) is 2.98. The van der Waals surface area contributed by atoms with Gasteiger partial charge in [-0.05, 0) is 36.6 Å². The van der Waals surface area contributed by atoms with Gasteiger partial charge in [-0.25, -0.2) is 4.39 Å². The number of benzene rings is 3. The number of hydrogen-bond acceptors (Lipinski definition) is 3. The molecule has 6 heteroatoms. The maximum atomic E-state index is 14.1. The molecule has 0 aromatic heterocycles. The van der Waals surface area contributed by atoms with Crippen molar-refractivity contribution in [2.75, 3.05) is 13.2 Å². The maximum absolute atomic E-state index is 14.1. The number of ether oxygens (including phenoxy) is 1. The third-order valence-electron chi connectivity index (χ3n) is 5.76. The summed E-state index contributed by atoms with van der Waals surface area (Å²) in [4.78, 5) is 28.3. The minimum atomic E-state index is -0.743. The SMILES string of the molecule is CCCCNC(=O)C(Cc1ccccc1)N(Cc1ccc(C)cc1)C(=O)COc1ccccc1F. The highest BCUT2D eigenvalue weighted by molar-refractivity contribution is 5.88. The predicted octanol–water partition coefficient (Wildman–Crippen LogP) is 5.07. The molecule has 0 fully saturated rings. The highest BCUT2D eigenvalue weighted by Crippen LogP contribution is 2.18. The van der Waals surface area contributed by atoms with Crippen LogP contribution >= 0.6 is 0 Å². The van der Waals surface area contributed by atoms with Gasteiger partial charge in [0.05, 0.1) is 0 Å². The lowest BCUT2D eigenvalue weighted by atomic mass is 10.0. The molecule has 1 N–H and O–H groups in total. The van der Waals surface area contributed by atoms with E-state index in [9.17, 15) is 14.0 Å². The van der Waals surface area contributed by atoms with Crippen molar-refractivity contribution in [1.29, 1.82) is 0 Å². The zero-order valence-electron chi connectivity index (χ0n) is 20.4. The number of carbonyl (C=O) groups is 2. The van der Waals surface area contributed by atoms with Gasteiger partial charge < -0.3 is 15.0 Å². The highest BCUT2D eigenvalue weighted by atomic mass is 19.1. The van der Waals surface area contributed by atoms with Crippen LogP contribution in [0.2, 0.25) is 0 Å². The van der Waals surface area contributed by atoms with Crippen LogP contribution in [0.25, 0.3) is 0 Å². The fraction of sp³-hybridized carbons (Fsp3) is 0.310. The summed E-state index contributed by atoms with van der Waals surface area (Å²) in [7, 11) is 0. The smallest absolute Gasteiger partial charge is 0.261 e. The van der Waals surface area contributed by atoms with Crippen LogP contribution in [0.1, 0.15) is 36.5 Å². The summed E-state index contributed by atoms with van der Waals surface area (Å²) in [6, 6.07) is 22.7. The number of unbranched alkanes of at least 4 members (excludes halogenated alkanes) is 1. The Morgan fingerprint density at radius 3 is 2.31 bits per heavy atom. The monoisotopic (exact) mass is 476 g/mol. The van der Waals surface area contributed by atoms with Gasteiger partial charge in [0.2, 0.25) is 5.91 Å². The van der Waals surface area contributed by atoms with Crippen molar-refractivity contribution in [2.45, 2.75) is 45.7 Å². The van der Waals surface area contributed by atoms with Crippen molar-refractivity contribution >= 4 is 11.8 Å². The Kier molecular flexibility index (Phi) is 9.84. The topological polar surface area (TPSA) is 58.6 Å². The van der Waals surface area contributed by atoms with Crippen molar-refractivity contribution in [3.8, 4) is 5.75 Å². The standard InChI is InChI=1S/C29H33FN2O3/c1-3-4-18-31-29(34)26(19-23-10-6-5-7-11-23)32(20-24-16-14-22(2)15-17-24)28(33)21-35-27-13-9-8-12-25(27)30/h5-17,26H,3-4,18-21H2,1-2H3,(H,31,34). The molecular weight excluding hydrogens is 443 g/mol. The van der Waals surface area contributed by atoms with E-state index in [1.54, 1.807) is 17.0 Å². The molecule has 0 spiro atoms. The first-order chi connectivity index (χ1) is 17.0. The van der Waals surface area contributed by atoms with Gasteiger partial charge in [-0.2, -0.15) is 0 Å². The van der Waals surface area contributed by atoms with Crippen molar-refractivity contribution in [1.82, 2.24) is 10.2 Å². The molecular formula is C29H33FN2O3. The summed E-state index contributed by atoms with van der Waals surface area (Å²) < 4.78 is 19.6. The van der Waals surface area contributed by atoms with Crippen LogP contribution in [0.4, 0.5) is 4.39 Å². The van der Waals surface area contributed by atoms with Gasteiger partial charge in [0.1, 0.15) is 6.04 Å². The molecule has 0 aliphatic carbocycles. The van der Waals surface area contributed by atoms with Gasteiger partial charge in [0.15, 0.2) is 18.2 Å². The van der Waals surface area contributed by atoms with E-state index in [-0.39, 0.29) is 30.7 Å². The number of para-hydroxylation sites is 1. The lowest BCUT2D eigenvalue weighted by Gasteiger charge is -2.31. The van der Waals surface area contributed by atoms with Gasteiger partial charge >= 0.3 is 0 Å². The molecule has 0 saturated heterocycles. The van der Waals surface area contributed by atoms with Crippen LogP contribution in [-0.2, 0) is 22.6 Å². The van der Waals surface area contributed by atoms with E-state index in [0.29, 0.717) is 13.0 Å². The number of halogens is 1. The highest BCUT2D eigenvalue weighted by Gasteiger charge is 2.30. The maximum Gasteiger partial charge on any atom is 0.261 e. The lowest BCUT2D eigenvalue weighted by molar-refractivity contribution is -0.142. The van der Waals surface area contributed by atoms with Crippen LogP contribution < -0.4 is 10.1 Å². The molecule has 3 aromatic rings. The van der Waals surface area contributed by atoms with E-state index in [4.69, 9.17) is 4.74 Å². The van der Waals surface area contributed by atoms with Gasteiger partial charge in [-0.15, -0.1) is 0 Å². The Morgan fingerprint density at radius 2 is 1.63 bits per heavy atom. The number of nitrogens with one attached hydrogen (secondary N) is 1. The predicted molar refractivity (Wildman–Crippen MR) is 135 cm³/mol. The minimum absolute atomic E-state index is 0.00291. The Bertz CT molecular complexity index is 1090. The van der Waals surface area contributed by atoms with E-state index >= 15 is 0 Å². The van der Waals surface area contributed by atoms with Crippen LogP contribution in [0.3, 0.4) is 0 Å². The molecule has 35 heavy (non-hydrogen) atoms. The molecule has 184 valence electrons. The Balaban J connectivity index is 1.88. The van der Waals surface area contributed by atoms with E-state index in [0.717, 1.165) is 29.5 Å². The Labute approximate surface area is 206 Å². The molecule has 1 atom stereocenters. The first-order valence-electron chi connectivity index (χ1n) is 12.0. The number of aryl methyl sites for hydroxylation is 1. The fourth-order valence-corrected chi connectivity index (χ4v) is 3.73. The third kappa shape index (κ3) is 7.95. The fourth-order valence-electron chi connectivity index (χ4n) is 3.73. The van der Waals surface area contributed by atoms with E-state index in [1.807, 2.05) is 61.5 Å². The Morgan fingerprint density at radius 1 is 0.943 bits per heavy atom. The van der Waals surface area contributed by atoms with Crippen LogP contribution in [0.5, 0.6) is 5.75 Å². The van der Waals surface area contributed by atoms with Crippen molar-refractivity contribution in [3.05, 3.63) is 101 Å². The normalized spacial score (nSPS) is 11.5. The van der Waals surface area contributed by atoms with Crippen molar-refractivity contribution in [3.63, 3.8) is 0 Å². The number of amides is 2. The summed E-state index contributed by atoms with van der Waals surface area (Å²) >= 11 is 0. The summed E-state index contributed by atoms with van der Waals surface area (Å²) in [5.74, 6) is -1.14. The molecule has 5 nitrogen and oxygen atoms in total. The summed E-state index contributed by atoms with van der Waals surface area (Å²) in [6.45, 7) is 4.45. The second-order valence-corrected chi connectivity index (χ2v) is 8.58. The molecule has 0 aliphatic rings. The Hall–Kier alpha value is -3.67. The number of hydrogen-bond donors (Lipinski definition) is 1. The first-order valence-corrected chi connectivity index (χ1v) is 12.0. The number of nitrogens with zero attached hydrogens (tertiary/aromatic N) is 1. The quantitative estimate of drug-likeness (QED) is 0.372. The molecule has 0 radical (unpaired) electrons. The van der Waals surface area contributed by atoms with E-state index in [1.165, 1.54) is 12.1 Å². The minimum Gasteiger partial charge on any atom is -0.481 e. The van der Waals surface area contributed by atoms with Gasteiger partial charge in [-0.3, -0.25) is 9.59 Å². The number of rotatable bonds is 12. The second-order valence-electron chi connectivity index (χ2n) is 8.58. The lowest BCUT2D eigenvalue weighted by Crippen LogP contribution is -2.51. The molecule has 0 bridgehead atoms. The average Bonchev–Trinajstić information content (AvgIpc) is 2.87. The number of carbonyl (C=O) groups excluding carboxylic acids is 2. The van der Waals surface area contributed by atoms with E-state index < -0.39 is 11.9 Å². The van der Waals surface area contributed by atoms with Crippen LogP contribution in [-0.4, -0.2) is 35.9 Å². The average molecular weight is 477 g/mol. The van der Waals surface area contributed by atoms with Crippen LogP contribution in [0, 0.1) is 12.7 Å². The second kappa shape index (κ2) is 13.3. The summed E-state index contributed by atoms with van der Waals surface area (Å²) in [5.41, 5.74) is 2.95. The molecule has 2 amide bonds. The zero-order valence-corrected chi connectivity index (χ0v) is 20.4. The van der Waals surface area contributed by atoms with Crippen LogP contribution in [0.15, 0.2) is 78.9 Å². The molecule has 0 heterocycles. The van der Waals surface area contributed by atoms with Crippen molar-refractivity contribution in [2.24, 2.45) is 0 Å². The molecule has 0 aliphatic heterocycles.